The number of cyclic esters (lactones) is 1. The summed E-state index contributed by atoms with van der Waals surface area (Å²) in [5.74, 6) is 0.241. The fourth-order valence-electron chi connectivity index (χ4n) is 4.15. The molecular weight excluding hydrogens is 442 g/mol. The molecular formula is C29H31NO5. The molecule has 1 fully saturated rings. The van der Waals surface area contributed by atoms with Gasteiger partial charge in [-0.05, 0) is 52.8 Å². The van der Waals surface area contributed by atoms with Crippen LogP contribution in [0.2, 0.25) is 0 Å². The van der Waals surface area contributed by atoms with E-state index in [0.717, 1.165) is 16.7 Å². The lowest BCUT2D eigenvalue weighted by molar-refractivity contribution is -0.136. The smallest absolute Gasteiger partial charge is 0.417 e. The summed E-state index contributed by atoms with van der Waals surface area (Å²) in [6.07, 6.45) is -0.853. The fraction of sp³-hybridized carbons (Fsp3) is 0.310. The van der Waals surface area contributed by atoms with E-state index in [2.05, 4.69) is 20.8 Å². The van der Waals surface area contributed by atoms with E-state index in [1.54, 1.807) is 24.3 Å². The Morgan fingerprint density at radius 1 is 1.00 bits per heavy atom. The summed E-state index contributed by atoms with van der Waals surface area (Å²) in [5.41, 5.74) is 2.96. The van der Waals surface area contributed by atoms with Crippen LogP contribution in [0.25, 0.3) is 0 Å². The molecule has 0 bridgehead atoms. The van der Waals surface area contributed by atoms with Gasteiger partial charge >= 0.3 is 6.09 Å². The number of carbonyl (C=O) groups excluding carboxylic acids is 2. The van der Waals surface area contributed by atoms with Crippen molar-refractivity contribution in [2.24, 2.45) is 0 Å². The number of nitrogens with zero attached hydrogens (tertiary/aromatic N) is 1. The predicted octanol–water partition coefficient (Wildman–Crippen LogP) is 5.27. The van der Waals surface area contributed by atoms with E-state index in [9.17, 15) is 14.7 Å². The first-order valence-corrected chi connectivity index (χ1v) is 11.8. The molecule has 6 nitrogen and oxygen atoms in total. The number of aromatic hydroxyl groups is 1. The number of rotatable bonds is 7. The zero-order valence-corrected chi connectivity index (χ0v) is 20.3. The summed E-state index contributed by atoms with van der Waals surface area (Å²) in [4.78, 5) is 27.5. The van der Waals surface area contributed by atoms with Crippen molar-refractivity contribution >= 4 is 12.0 Å². The first-order valence-electron chi connectivity index (χ1n) is 11.8. The Balaban J connectivity index is 1.59. The molecule has 1 saturated heterocycles. The third-order valence-electron chi connectivity index (χ3n) is 6.14. The van der Waals surface area contributed by atoms with Crippen molar-refractivity contribution in [3.63, 3.8) is 0 Å². The summed E-state index contributed by atoms with van der Waals surface area (Å²) in [7, 11) is 0. The molecule has 0 spiro atoms. The number of ether oxygens (including phenoxy) is 2. The number of imide groups is 1. The average molecular weight is 474 g/mol. The molecule has 0 unspecified atom stereocenters. The lowest BCUT2D eigenvalue weighted by Crippen LogP contribution is -2.48. The Hall–Kier alpha value is -3.80. The van der Waals surface area contributed by atoms with Crippen LogP contribution in [0.4, 0.5) is 4.79 Å². The van der Waals surface area contributed by atoms with Crippen molar-refractivity contribution in [1.29, 1.82) is 0 Å². The van der Waals surface area contributed by atoms with E-state index in [1.165, 1.54) is 4.90 Å². The van der Waals surface area contributed by atoms with E-state index in [1.807, 2.05) is 54.6 Å². The highest BCUT2D eigenvalue weighted by Crippen LogP contribution is 2.26. The molecule has 182 valence electrons. The van der Waals surface area contributed by atoms with Crippen LogP contribution in [0, 0.1) is 0 Å². The van der Waals surface area contributed by atoms with E-state index in [-0.39, 0.29) is 24.2 Å². The number of phenols is 1. The van der Waals surface area contributed by atoms with Crippen LogP contribution in [0.1, 0.15) is 37.5 Å². The van der Waals surface area contributed by atoms with Gasteiger partial charge in [-0.15, -0.1) is 0 Å². The molecule has 0 radical (unpaired) electrons. The van der Waals surface area contributed by atoms with Gasteiger partial charge in [0.2, 0.25) is 0 Å². The van der Waals surface area contributed by atoms with Crippen LogP contribution in [-0.4, -0.2) is 40.8 Å². The Labute approximate surface area is 206 Å². The highest BCUT2D eigenvalue weighted by atomic mass is 16.6. The molecule has 3 aromatic carbocycles. The number of carbonyl (C=O) groups is 2. The molecule has 4 rings (SSSR count). The lowest BCUT2D eigenvalue weighted by Gasteiger charge is -2.26. The standard InChI is InChI=1S/C29H31NO5/c1-29(2,3)22-11-15-25(16-12-22)35-26(18-21-9-13-24(31)14-10-21)27(32)30-23(19-34-28(30)33)17-20-7-5-4-6-8-20/h4-16,23,26,31H,17-19H2,1-3H3/t23-,26-/m0/s1. The van der Waals surface area contributed by atoms with E-state index in [4.69, 9.17) is 9.47 Å². The second-order valence-electron chi connectivity index (χ2n) is 9.88. The Bertz CT molecular complexity index is 1150. The van der Waals surface area contributed by atoms with E-state index in [0.29, 0.717) is 12.2 Å². The quantitative estimate of drug-likeness (QED) is 0.506. The van der Waals surface area contributed by atoms with Crippen LogP contribution in [0.5, 0.6) is 11.5 Å². The molecule has 3 aromatic rings. The van der Waals surface area contributed by atoms with Gasteiger partial charge in [0.05, 0.1) is 6.04 Å². The van der Waals surface area contributed by atoms with Crippen molar-refractivity contribution in [2.45, 2.75) is 51.2 Å². The minimum Gasteiger partial charge on any atom is -0.508 e. The van der Waals surface area contributed by atoms with Gasteiger partial charge in [0.15, 0.2) is 6.10 Å². The minimum absolute atomic E-state index is 0.0102. The molecule has 6 heteroatoms. The molecule has 0 aliphatic carbocycles. The second kappa shape index (κ2) is 10.2. The van der Waals surface area contributed by atoms with E-state index >= 15 is 0 Å². The maximum absolute atomic E-state index is 13.7. The van der Waals surface area contributed by atoms with Crippen LogP contribution in [0.3, 0.4) is 0 Å². The van der Waals surface area contributed by atoms with Crippen molar-refractivity contribution in [3.05, 3.63) is 95.6 Å². The number of hydrogen-bond donors (Lipinski definition) is 1. The normalized spacial score (nSPS) is 16.6. The van der Waals surface area contributed by atoms with Crippen LogP contribution >= 0.6 is 0 Å². The molecule has 0 saturated carbocycles. The summed E-state index contributed by atoms with van der Waals surface area (Å²) in [6.45, 7) is 6.54. The van der Waals surface area contributed by atoms with Crippen molar-refractivity contribution in [3.8, 4) is 11.5 Å². The van der Waals surface area contributed by atoms with Gasteiger partial charge in [0.25, 0.3) is 5.91 Å². The Kier molecular flexibility index (Phi) is 7.10. The number of phenolic OH excluding ortho intramolecular Hbond substituents is 1. The van der Waals surface area contributed by atoms with Gasteiger partial charge < -0.3 is 14.6 Å². The van der Waals surface area contributed by atoms with Gasteiger partial charge in [-0.2, -0.15) is 0 Å². The zero-order chi connectivity index (χ0) is 25.0. The summed E-state index contributed by atoms with van der Waals surface area (Å²) in [6, 6.07) is 23.6. The maximum Gasteiger partial charge on any atom is 0.417 e. The number of hydrogen-bond acceptors (Lipinski definition) is 5. The molecule has 1 heterocycles. The first-order chi connectivity index (χ1) is 16.7. The maximum atomic E-state index is 13.7. The van der Waals surface area contributed by atoms with Crippen molar-refractivity contribution in [1.82, 2.24) is 4.90 Å². The number of amides is 2. The molecule has 35 heavy (non-hydrogen) atoms. The minimum atomic E-state index is -0.941. The van der Waals surface area contributed by atoms with Crippen molar-refractivity contribution < 1.29 is 24.2 Å². The lowest BCUT2D eigenvalue weighted by atomic mass is 9.87. The Morgan fingerprint density at radius 3 is 2.29 bits per heavy atom. The van der Waals surface area contributed by atoms with Gasteiger partial charge in [-0.3, -0.25) is 4.79 Å². The molecule has 1 aliphatic heterocycles. The zero-order valence-electron chi connectivity index (χ0n) is 20.3. The Morgan fingerprint density at radius 2 is 1.66 bits per heavy atom. The monoisotopic (exact) mass is 473 g/mol. The highest BCUT2D eigenvalue weighted by molar-refractivity contribution is 5.96. The van der Waals surface area contributed by atoms with Gasteiger partial charge in [-0.1, -0.05) is 75.4 Å². The third kappa shape index (κ3) is 6.01. The molecule has 1 aliphatic rings. The highest BCUT2D eigenvalue weighted by Gasteiger charge is 2.41. The van der Waals surface area contributed by atoms with E-state index < -0.39 is 24.1 Å². The summed E-state index contributed by atoms with van der Waals surface area (Å²) < 4.78 is 11.4. The van der Waals surface area contributed by atoms with Crippen LogP contribution in [0.15, 0.2) is 78.9 Å². The molecule has 1 N–H and O–H groups in total. The largest absolute Gasteiger partial charge is 0.508 e. The average Bonchev–Trinajstić information content (AvgIpc) is 3.19. The van der Waals surface area contributed by atoms with Gasteiger partial charge in [0, 0.05) is 6.42 Å². The van der Waals surface area contributed by atoms with Gasteiger partial charge in [0.1, 0.15) is 18.1 Å². The molecule has 2 atom stereocenters. The summed E-state index contributed by atoms with van der Waals surface area (Å²) >= 11 is 0. The topological polar surface area (TPSA) is 76.1 Å². The van der Waals surface area contributed by atoms with Crippen LogP contribution < -0.4 is 4.74 Å². The van der Waals surface area contributed by atoms with Gasteiger partial charge in [-0.25, -0.2) is 9.69 Å². The molecule has 2 amide bonds. The summed E-state index contributed by atoms with van der Waals surface area (Å²) in [5, 5.41) is 9.64. The third-order valence-corrected chi connectivity index (χ3v) is 6.14. The SMILES string of the molecule is CC(C)(C)c1ccc(O[C@@H](Cc2ccc(O)cc2)C(=O)N2C(=O)OC[C@@H]2Cc2ccccc2)cc1. The molecule has 0 aromatic heterocycles. The first kappa shape index (κ1) is 24.3. The fourth-order valence-corrected chi connectivity index (χ4v) is 4.15. The van der Waals surface area contributed by atoms with Crippen molar-refractivity contribution in [2.75, 3.05) is 6.61 Å². The number of benzene rings is 3. The second-order valence-corrected chi connectivity index (χ2v) is 9.88. The van der Waals surface area contributed by atoms with Crippen LogP contribution in [-0.2, 0) is 27.8 Å². The predicted molar refractivity (Wildman–Crippen MR) is 133 cm³/mol.